The van der Waals surface area contributed by atoms with E-state index in [4.69, 9.17) is 16.7 Å². The summed E-state index contributed by atoms with van der Waals surface area (Å²) in [5.41, 5.74) is 1.89. The van der Waals surface area contributed by atoms with Crippen molar-refractivity contribution in [1.82, 2.24) is 34.1 Å². The van der Waals surface area contributed by atoms with E-state index in [1.54, 1.807) is 29.2 Å². The van der Waals surface area contributed by atoms with Crippen LogP contribution in [0.3, 0.4) is 0 Å². The standard InChI is InChI=1S/C22H16ClN9O.H2S/c23-15-4-8-32-18(15)22(33)31(11-14-3-1-2-6-25-14)20(29-32)16-5-7-30(16)21-17-13(9-24)10-26-19(17)27-12-28-21;/h1-4,6,8,10,12,16H,5,7,11H2,(H,26,27,28);1H2/t16-;/m0./s1. The first-order valence-corrected chi connectivity index (χ1v) is 10.7. The van der Waals surface area contributed by atoms with Crippen molar-refractivity contribution in [1.29, 1.82) is 5.26 Å². The van der Waals surface area contributed by atoms with Crippen LogP contribution in [0.2, 0.25) is 5.02 Å². The van der Waals surface area contributed by atoms with Crippen molar-refractivity contribution in [2.45, 2.75) is 19.0 Å². The highest BCUT2D eigenvalue weighted by molar-refractivity contribution is 7.59. The summed E-state index contributed by atoms with van der Waals surface area (Å²) >= 11 is 6.29. The second-order valence-electron chi connectivity index (χ2n) is 7.76. The van der Waals surface area contributed by atoms with Crippen molar-refractivity contribution in [2.75, 3.05) is 11.4 Å². The number of hydrogen-bond acceptors (Lipinski definition) is 7. The molecule has 1 atom stereocenters. The molecule has 1 saturated heterocycles. The number of anilines is 1. The maximum atomic E-state index is 13.5. The van der Waals surface area contributed by atoms with Gasteiger partial charge in [0.05, 0.1) is 34.3 Å². The molecule has 0 saturated carbocycles. The monoisotopic (exact) mass is 491 g/mol. The first-order chi connectivity index (χ1) is 16.2. The van der Waals surface area contributed by atoms with E-state index < -0.39 is 0 Å². The molecule has 0 bridgehead atoms. The fourth-order valence-electron chi connectivity index (χ4n) is 4.29. The number of pyridine rings is 1. The Bertz CT molecular complexity index is 1620. The summed E-state index contributed by atoms with van der Waals surface area (Å²) in [7, 11) is 0. The third kappa shape index (κ3) is 3.30. The molecule has 0 aliphatic carbocycles. The molecule has 0 amide bonds. The summed E-state index contributed by atoms with van der Waals surface area (Å²) in [6.45, 7) is 0.966. The van der Waals surface area contributed by atoms with Crippen LogP contribution in [0.5, 0.6) is 0 Å². The van der Waals surface area contributed by atoms with Gasteiger partial charge in [0.1, 0.15) is 29.4 Å². The first kappa shape index (κ1) is 21.9. The molecular weight excluding hydrogens is 474 g/mol. The van der Waals surface area contributed by atoms with E-state index in [1.807, 2.05) is 23.1 Å². The van der Waals surface area contributed by atoms with Crippen molar-refractivity contribution in [3.05, 3.63) is 81.6 Å². The molecule has 1 aliphatic heterocycles. The molecule has 5 aromatic rings. The van der Waals surface area contributed by atoms with Crippen LogP contribution in [0.4, 0.5) is 5.82 Å². The van der Waals surface area contributed by atoms with Gasteiger partial charge < -0.3 is 9.88 Å². The predicted molar refractivity (Wildman–Crippen MR) is 131 cm³/mol. The maximum absolute atomic E-state index is 13.5. The highest BCUT2D eigenvalue weighted by Gasteiger charge is 2.36. The highest BCUT2D eigenvalue weighted by Crippen LogP contribution is 2.39. The number of fused-ring (bicyclic) bond motifs is 2. The lowest BCUT2D eigenvalue weighted by Gasteiger charge is -2.42. The lowest BCUT2D eigenvalue weighted by molar-refractivity contribution is 0.410. The number of aromatic amines is 1. The third-order valence-corrected chi connectivity index (χ3v) is 6.26. The van der Waals surface area contributed by atoms with Gasteiger partial charge >= 0.3 is 0 Å². The van der Waals surface area contributed by atoms with Crippen LogP contribution >= 0.6 is 25.1 Å². The summed E-state index contributed by atoms with van der Waals surface area (Å²) in [6, 6.07) is 9.21. The van der Waals surface area contributed by atoms with Crippen LogP contribution in [0.15, 0.2) is 54.0 Å². The van der Waals surface area contributed by atoms with E-state index >= 15 is 0 Å². The van der Waals surface area contributed by atoms with Crippen LogP contribution in [0, 0.1) is 11.3 Å². The van der Waals surface area contributed by atoms with Gasteiger partial charge in [-0.2, -0.15) is 23.9 Å². The Morgan fingerprint density at radius 2 is 2.12 bits per heavy atom. The van der Waals surface area contributed by atoms with Crippen LogP contribution < -0.4 is 10.5 Å². The molecule has 1 fully saturated rings. The molecule has 12 heteroatoms. The molecule has 10 nitrogen and oxygen atoms in total. The number of aromatic nitrogens is 7. The maximum Gasteiger partial charge on any atom is 0.279 e. The Morgan fingerprint density at radius 3 is 2.85 bits per heavy atom. The number of rotatable bonds is 4. The second kappa shape index (κ2) is 8.48. The molecule has 1 N–H and O–H groups in total. The molecule has 0 spiro atoms. The summed E-state index contributed by atoms with van der Waals surface area (Å²) < 4.78 is 3.15. The van der Waals surface area contributed by atoms with Gasteiger partial charge in [0.15, 0.2) is 5.82 Å². The Hall–Kier alpha value is -3.88. The zero-order valence-corrected chi connectivity index (χ0v) is 19.4. The van der Waals surface area contributed by atoms with E-state index in [1.165, 1.54) is 10.8 Å². The van der Waals surface area contributed by atoms with Gasteiger partial charge in [0.2, 0.25) is 0 Å². The topological polar surface area (TPSA) is 121 Å². The predicted octanol–water partition coefficient (Wildman–Crippen LogP) is 2.80. The summed E-state index contributed by atoms with van der Waals surface area (Å²) in [4.78, 5) is 31.7. The smallest absolute Gasteiger partial charge is 0.279 e. The minimum atomic E-state index is -0.236. The quantitative estimate of drug-likeness (QED) is 0.410. The molecule has 6 heterocycles. The van der Waals surface area contributed by atoms with E-state index in [0.29, 0.717) is 45.3 Å². The van der Waals surface area contributed by atoms with Crippen molar-refractivity contribution >= 4 is 47.5 Å². The number of hydrogen-bond donors (Lipinski definition) is 1. The largest absolute Gasteiger partial charge is 0.345 e. The number of halogens is 1. The average Bonchev–Trinajstić information content (AvgIpc) is 3.40. The third-order valence-electron chi connectivity index (χ3n) is 5.96. The summed E-state index contributed by atoms with van der Waals surface area (Å²) in [5, 5.41) is 15.3. The summed E-state index contributed by atoms with van der Waals surface area (Å²) in [5.74, 6) is 1.22. The van der Waals surface area contributed by atoms with Gasteiger partial charge in [-0.15, -0.1) is 0 Å². The molecule has 0 radical (unpaired) electrons. The minimum Gasteiger partial charge on any atom is -0.345 e. The molecule has 6 rings (SSSR count). The van der Waals surface area contributed by atoms with Gasteiger partial charge in [-0.05, 0) is 24.6 Å². The molecule has 34 heavy (non-hydrogen) atoms. The number of H-pyrrole nitrogens is 1. The zero-order valence-electron chi connectivity index (χ0n) is 17.7. The Labute approximate surface area is 204 Å². The van der Waals surface area contributed by atoms with Crippen molar-refractivity contribution in [2.24, 2.45) is 0 Å². The van der Waals surface area contributed by atoms with Gasteiger partial charge in [-0.3, -0.25) is 14.3 Å². The molecule has 5 aromatic heterocycles. The molecule has 0 unspecified atom stereocenters. The van der Waals surface area contributed by atoms with E-state index in [9.17, 15) is 10.1 Å². The number of nitrogens with zero attached hydrogens (tertiary/aromatic N) is 8. The van der Waals surface area contributed by atoms with Crippen LogP contribution in [-0.2, 0) is 6.54 Å². The SMILES string of the molecule is N#Cc1c[nH]c2ncnc(N3CC[C@H]3c3nn4ccc(Cl)c4c(=O)n3Cc3ccccn3)c12.S. The molecule has 170 valence electrons. The second-order valence-corrected chi connectivity index (χ2v) is 8.17. The first-order valence-electron chi connectivity index (χ1n) is 10.3. The van der Waals surface area contributed by atoms with Gasteiger partial charge in [-0.25, -0.2) is 14.5 Å². The number of nitrogens with one attached hydrogen (secondary N) is 1. The molecule has 0 aromatic carbocycles. The average molecular weight is 492 g/mol. The zero-order chi connectivity index (χ0) is 22.5. The summed E-state index contributed by atoms with van der Waals surface area (Å²) in [6.07, 6.45) is 7.24. The Balaban J connectivity index is 0.00000241. The van der Waals surface area contributed by atoms with E-state index in [0.717, 1.165) is 12.1 Å². The molecule has 1 aliphatic rings. The molecular formula is C22H18ClN9OS. The highest BCUT2D eigenvalue weighted by atomic mass is 35.5. The van der Waals surface area contributed by atoms with Crippen molar-refractivity contribution in [3.63, 3.8) is 0 Å². The van der Waals surface area contributed by atoms with Crippen LogP contribution in [0.1, 0.15) is 29.5 Å². The Kier molecular flexibility index (Phi) is 5.47. The van der Waals surface area contributed by atoms with Crippen molar-refractivity contribution < 1.29 is 0 Å². The van der Waals surface area contributed by atoms with E-state index in [-0.39, 0.29) is 31.6 Å². The van der Waals surface area contributed by atoms with Gasteiger partial charge in [0.25, 0.3) is 5.56 Å². The van der Waals surface area contributed by atoms with Crippen LogP contribution in [0.25, 0.3) is 16.6 Å². The fraction of sp³-hybridized carbons (Fsp3) is 0.182. The lowest BCUT2D eigenvalue weighted by atomic mass is 10.0. The van der Waals surface area contributed by atoms with Gasteiger partial charge in [-0.1, -0.05) is 17.7 Å². The van der Waals surface area contributed by atoms with Gasteiger partial charge in [0, 0.05) is 25.1 Å². The van der Waals surface area contributed by atoms with E-state index in [2.05, 4.69) is 26.0 Å². The minimum absolute atomic E-state index is 0. The Morgan fingerprint density at radius 1 is 1.24 bits per heavy atom. The number of nitriles is 1. The normalized spacial score (nSPS) is 15.2. The van der Waals surface area contributed by atoms with Crippen LogP contribution in [-0.4, -0.2) is 40.7 Å². The van der Waals surface area contributed by atoms with Crippen molar-refractivity contribution in [3.8, 4) is 6.07 Å². The fourth-order valence-corrected chi connectivity index (χ4v) is 4.52. The lowest BCUT2D eigenvalue weighted by Crippen LogP contribution is -2.45.